The molecule has 0 aliphatic heterocycles. The Labute approximate surface area is 102 Å². The largest absolute Gasteiger partial charge is 0.330 e. The van der Waals surface area contributed by atoms with Gasteiger partial charge in [0.05, 0.1) is 10.0 Å². The molecule has 1 rings (SSSR count). The molecule has 0 saturated carbocycles. The second-order valence-corrected chi connectivity index (χ2v) is 4.46. The number of halogens is 2. The fourth-order valence-electron chi connectivity index (χ4n) is 1.78. The molecule has 1 atom stereocenters. The quantitative estimate of drug-likeness (QED) is 0.826. The summed E-state index contributed by atoms with van der Waals surface area (Å²) in [5, 5.41) is 1.34. The van der Waals surface area contributed by atoms with E-state index in [1.54, 1.807) is 0 Å². The lowest BCUT2D eigenvalue weighted by molar-refractivity contribution is 0.581. The molecule has 84 valence electrons. The van der Waals surface area contributed by atoms with Gasteiger partial charge in [0.25, 0.3) is 0 Å². The molecule has 2 N–H and O–H groups in total. The highest BCUT2D eigenvalue weighted by Gasteiger charge is 2.13. The lowest BCUT2D eigenvalue weighted by atomic mass is 9.92. The Hall–Kier alpha value is -0.240. The molecule has 1 unspecified atom stereocenters. The monoisotopic (exact) mass is 245 g/mol. The van der Waals surface area contributed by atoms with Crippen molar-refractivity contribution in [2.45, 2.75) is 32.1 Å². The van der Waals surface area contributed by atoms with E-state index in [2.05, 4.69) is 13.0 Å². The first-order valence-corrected chi connectivity index (χ1v) is 6.10. The standard InChI is InChI=1S/C12H17Cl2N/c1-2-9(5-4-8-15)10-6-3-7-11(13)12(10)14/h3,6-7,9H,2,4-5,8,15H2,1H3. The molecule has 0 amide bonds. The van der Waals surface area contributed by atoms with E-state index in [4.69, 9.17) is 28.9 Å². The fourth-order valence-corrected chi connectivity index (χ4v) is 2.24. The van der Waals surface area contributed by atoms with E-state index < -0.39 is 0 Å². The summed E-state index contributed by atoms with van der Waals surface area (Å²) in [5.41, 5.74) is 6.67. The van der Waals surface area contributed by atoms with Crippen molar-refractivity contribution in [1.82, 2.24) is 0 Å². The first-order chi connectivity index (χ1) is 7.20. The van der Waals surface area contributed by atoms with Crippen molar-refractivity contribution in [3.05, 3.63) is 33.8 Å². The first-order valence-electron chi connectivity index (χ1n) is 5.34. The molecule has 0 fully saturated rings. The number of nitrogens with two attached hydrogens (primary N) is 1. The molecular formula is C12H17Cl2N. The molecule has 0 aliphatic rings. The molecule has 1 aromatic carbocycles. The van der Waals surface area contributed by atoms with Crippen LogP contribution in [0.5, 0.6) is 0 Å². The molecule has 1 aromatic rings. The minimum atomic E-state index is 0.472. The number of benzene rings is 1. The summed E-state index contributed by atoms with van der Waals surface area (Å²) in [6.07, 6.45) is 3.18. The van der Waals surface area contributed by atoms with Crippen molar-refractivity contribution in [1.29, 1.82) is 0 Å². The van der Waals surface area contributed by atoms with Crippen molar-refractivity contribution in [3.63, 3.8) is 0 Å². The summed E-state index contributed by atoms with van der Waals surface area (Å²) in [6.45, 7) is 2.90. The van der Waals surface area contributed by atoms with Gasteiger partial charge in [-0.3, -0.25) is 0 Å². The van der Waals surface area contributed by atoms with Gasteiger partial charge in [0.15, 0.2) is 0 Å². The Morgan fingerprint density at radius 3 is 2.67 bits per heavy atom. The highest BCUT2D eigenvalue weighted by molar-refractivity contribution is 6.42. The summed E-state index contributed by atoms with van der Waals surface area (Å²) < 4.78 is 0. The lowest BCUT2D eigenvalue weighted by Gasteiger charge is -2.16. The molecule has 3 heteroatoms. The predicted octanol–water partition coefficient (Wildman–Crippen LogP) is 4.23. The Balaban J connectivity index is 2.86. The molecule has 15 heavy (non-hydrogen) atoms. The maximum absolute atomic E-state index is 6.18. The van der Waals surface area contributed by atoms with E-state index in [1.165, 1.54) is 0 Å². The van der Waals surface area contributed by atoms with Crippen LogP contribution in [0.1, 0.15) is 37.7 Å². The summed E-state index contributed by atoms with van der Waals surface area (Å²) in [5.74, 6) is 0.472. The molecule has 1 nitrogen and oxygen atoms in total. The van der Waals surface area contributed by atoms with Gasteiger partial charge >= 0.3 is 0 Å². The van der Waals surface area contributed by atoms with Gasteiger partial charge in [-0.05, 0) is 43.4 Å². The van der Waals surface area contributed by atoms with Crippen LogP contribution in [-0.2, 0) is 0 Å². The minimum Gasteiger partial charge on any atom is -0.330 e. The molecule has 0 saturated heterocycles. The van der Waals surface area contributed by atoms with Crippen LogP contribution in [0.25, 0.3) is 0 Å². The van der Waals surface area contributed by atoms with Crippen LogP contribution in [0.15, 0.2) is 18.2 Å². The molecule has 0 bridgehead atoms. The Morgan fingerprint density at radius 1 is 1.33 bits per heavy atom. The molecule has 0 spiro atoms. The second-order valence-electron chi connectivity index (χ2n) is 3.68. The molecule has 0 aliphatic carbocycles. The first kappa shape index (κ1) is 12.8. The van der Waals surface area contributed by atoms with Crippen molar-refractivity contribution >= 4 is 23.2 Å². The zero-order valence-electron chi connectivity index (χ0n) is 8.97. The smallest absolute Gasteiger partial charge is 0.0627 e. The van der Waals surface area contributed by atoms with E-state index in [0.717, 1.165) is 31.4 Å². The van der Waals surface area contributed by atoms with Crippen molar-refractivity contribution in [2.24, 2.45) is 5.73 Å². The average Bonchev–Trinajstić information content (AvgIpc) is 2.25. The zero-order chi connectivity index (χ0) is 11.3. The van der Waals surface area contributed by atoms with Crippen LogP contribution in [0, 0.1) is 0 Å². The third-order valence-electron chi connectivity index (χ3n) is 2.67. The van der Waals surface area contributed by atoms with Gasteiger partial charge < -0.3 is 5.73 Å². The second kappa shape index (κ2) is 6.37. The van der Waals surface area contributed by atoms with Crippen LogP contribution in [0.3, 0.4) is 0 Å². The van der Waals surface area contributed by atoms with Gasteiger partial charge in [0.1, 0.15) is 0 Å². The highest BCUT2D eigenvalue weighted by atomic mass is 35.5. The van der Waals surface area contributed by atoms with Crippen LogP contribution in [0.4, 0.5) is 0 Å². The SMILES string of the molecule is CCC(CCCN)c1cccc(Cl)c1Cl. The Bertz CT molecular complexity index is 312. The summed E-state index contributed by atoms with van der Waals surface area (Å²) in [4.78, 5) is 0. The van der Waals surface area contributed by atoms with Crippen molar-refractivity contribution in [2.75, 3.05) is 6.54 Å². The highest BCUT2D eigenvalue weighted by Crippen LogP contribution is 2.34. The van der Waals surface area contributed by atoms with Gasteiger partial charge in [0.2, 0.25) is 0 Å². The van der Waals surface area contributed by atoms with E-state index in [9.17, 15) is 0 Å². The predicted molar refractivity (Wildman–Crippen MR) is 67.8 cm³/mol. The number of hydrogen-bond donors (Lipinski definition) is 1. The summed E-state index contributed by atoms with van der Waals surface area (Å²) >= 11 is 12.2. The van der Waals surface area contributed by atoms with Crippen LogP contribution < -0.4 is 5.73 Å². The lowest BCUT2D eigenvalue weighted by Crippen LogP contribution is -2.04. The van der Waals surface area contributed by atoms with E-state index in [-0.39, 0.29) is 0 Å². The third kappa shape index (κ3) is 3.37. The summed E-state index contributed by atoms with van der Waals surface area (Å²) in [7, 11) is 0. The molecule has 0 heterocycles. The normalized spacial score (nSPS) is 12.8. The maximum atomic E-state index is 6.18. The third-order valence-corrected chi connectivity index (χ3v) is 3.50. The van der Waals surface area contributed by atoms with Gasteiger partial charge in [-0.25, -0.2) is 0 Å². The van der Waals surface area contributed by atoms with Crippen molar-refractivity contribution in [3.8, 4) is 0 Å². The van der Waals surface area contributed by atoms with Crippen LogP contribution in [-0.4, -0.2) is 6.54 Å². The van der Waals surface area contributed by atoms with E-state index >= 15 is 0 Å². The van der Waals surface area contributed by atoms with Gasteiger partial charge in [0, 0.05) is 0 Å². The molecular weight excluding hydrogens is 229 g/mol. The average molecular weight is 246 g/mol. The summed E-state index contributed by atoms with van der Waals surface area (Å²) in [6, 6.07) is 5.83. The molecule has 0 radical (unpaired) electrons. The number of hydrogen-bond acceptors (Lipinski definition) is 1. The van der Waals surface area contributed by atoms with E-state index in [0.29, 0.717) is 16.0 Å². The Morgan fingerprint density at radius 2 is 2.07 bits per heavy atom. The topological polar surface area (TPSA) is 26.0 Å². The van der Waals surface area contributed by atoms with Gasteiger partial charge in [-0.15, -0.1) is 0 Å². The zero-order valence-corrected chi connectivity index (χ0v) is 10.5. The van der Waals surface area contributed by atoms with Gasteiger partial charge in [-0.2, -0.15) is 0 Å². The minimum absolute atomic E-state index is 0.472. The van der Waals surface area contributed by atoms with Crippen LogP contribution >= 0.6 is 23.2 Å². The van der Waals surface area contributed by atoms with Gasteiger partial charge in [-0.1, -0.05) is 42.3 Å². The maximum Gasteiger partial charge on any atom is 0.0627 e. The van der Waals surface area contributed by atoms with E-state index in [1.807, 2.05) is 12.1 Å². The van der Waals surface area contributed by atoms with Crippen molar-refractivity contribution < 1.29 is 0 Å². The fraction of sp³-hybridized carbons (Fsp3) is 0.500. The van der Waals surface area contributed by atoms with Crippen LogP contribution in [0.2, 0.25) is 10.0 Å². The molecule has 0 aromatic heterocycles. The number of rotatable bonds is 5. The Kier molecular flexibility index (Phi) is 5.44.